The molecule has 1 aliphatic carbocycles. The van der Waals surface area contributed by atoms with Crippen LogP contribution in [0, 0.1) is 11.3 Å². The highest BCUT2D eigenvalue weighted by molar-refractivity contribution is 5.98. The third-order valence-corrected chi connectivity index (χ3v) is 5.01. The first-order valence-corrected chi connectivity index (χ1v) is 7.05. The molecule has 0 aromatic heterocycles. The Morgan fingerprint density at radius 3 is 2.81 bits per heavy atom. The number of carbonyl (C=O) groups excluding carboxylic acids is 1. The summed E-state index contributed by atoms with van der Waals surface area (Å²) in [6.07, 6.45) is -1.63. The number of benzene rings is 1. The van der Waals surface area contributed by atoms with Crippen molar-refractivity contribution >= 4 is 11.6 Å². The summed E-state index contributed by atoms with van der Waals surface area (Å²) in [5, 5.41) is 2.64. The van der Waals surface area contributed by atoms with Crippen molar-refractivity contribution in [3.8, 4) is 0 Å². The lowest BCUT2D eigenvalue weighted by molar-refractivity contribution is -0.137. The van der Waals surface area contributed by atoms with E-state index in [2.05, 4.69) is 5.32 Å². The first kappa shape index (κ1) is 13.1. The van der Waals surface area contributed by atoms with E-state index in [1.54, 1.807) is 0 Å². The van der Waals surface area contributed by atoms with Crippen LogP contribution in [0.2, 0.25) is 0 Å². The maximum atomic E-state index is 12.7. The normalized spacial score (nSPS) is 36.4. The number of hydrogen-bond donors (Lipinski definition) is 1. The number of nitrogens with one attached hydrogen (secondary N) is 1. The number of hydrogen-bond acceptors (Lipinski definition) is 2. The molecule has 1 amide bonds. The smallest absolute Gasteiger partial charge is 0.374 e. The van der Waals surface area contributed by atoms with Crippen LogP contribution in [0.1, 0.15) is 24.8 Å². The maximum absolute atomic E-state index is 12.7. The Morgan fingerprint density at radius 1 is 1.33 bits per heavy atom. The van der Waals surface area contributed by atoms with Crippen molar-refractivity contribution in [3.63, 3.8) is 0 Å². The zero-order chi connectivity index (χ0) is 14.8. The quantitative estimate of drug-likeness (QED) is 0.910. The van der Waals surface area contributed by atoms with Gasteiger partial charge in [0.25, 0.3) is 0 Å². The van der Waals surface area contributed by atoms with E-state index in [1.165, 1.54) is 12.1 Å². The van der Waals surface area contributed by atoms with E-state index in [0.29, 0.717) is 0 Å². The number of rotatable bonds is 2. The lowest BCUT2D eigenvalue weighted by Gasteiger charge is -2.20. The Labute approximate surface area is 119 Å². The van der Waals surface area contributed by atoms with Crippen LogP contribution >= 0.6 is 0 Å². The highest BCUT2D eigenvalue weighted by Crippen LogP contribution is 2.68. The summed E-state index contributed by atoms with van der Waals surface area (Å²) >= 11 is 0. The van der Waals surface area contributed by atoms with Gasteiger partial charge in [-0.3, -0.25) is 4.79 Å². The fraction of sp³-hybridized carbons (Fsp3) is 0.533. The van der Waals surface area contributed by atoms with Crippen LogP contribution < -0.4 is 5.32 Å². The van der Waals surface area contributed by atoms with Gasteiger partial charge in [-0.1, -0.05) is 6.07 Å². The Morgan fingerprint density at radius 2 is 2.14 bits per heavy atom. The molecule has 1 aromatic rings. The molecule has 1 N–H and O–H groups in total. The van der Waals surface area contributed by atoms with E-state index in [-0.39, 0.29) is 29.7 Å². The van der Waals surface area contributed by atoms with Gasteiger partial charge < -0.3 is 10.1 Å². The summed E-state index contributed by atoms with van der Waals surface area (Å²) in [6.45, 7) is 0. The predicted molar refractivity (Wildman–Crippen MR) is 68.5 cm³/mol. The second kappa shape index (κ2) is 4.00. The summed E-state index contributed by atoms with van der Waals surface area (Å²) in [6, 6.07) is 4.75. The van der Waals surface area contributed by atoms with Crippen molar-refractivity contribution in [2.75, 3.05) is 5.32 Å². The third-order valence-electron chi connectivity index (χ3n) is 5.01. The van der Waals surface area contributed by atoms with E-state index in [9.17, 15) is 18.0 Å². The molecule has 2 heterocycles. The molecule has 1 aromatic carbocycles. The highest BCUT2D eigenvalue weighted by Gasteiger charge is 2.74. The maximum Gasteiger partial charge on any atom is 0.416 e. The first-order valence-electron chi connectivity index (χ1n) is 7.05. The fourth-order valence-electron chi connectivity index (χ4n) is 3.90. The molecule has 2 saturated heterocycles. The molecule has 21 heavy (non-hydrogen) atoms. The Balaban J connectivity index is 1.54. The second-order valence-electron chi connectivity index (χ2n) is 6.12. The second-order valence-corrected chi connectivity index (χ2v) is 6.12. The molecule has 4 rings (SSSR count). The van der Waals surface area contributed by atoms with E-state index in [0.717, 1.165) is 31.4 Å². The number of alkyl halides is 3. The van der Waals surface area contributed by atoms with Crippen molar-refractivity contribution < 1.29 is 22.7 Å². The van der Waals surface area contributed by atoms with Gasteiger partial charge in [-0.2, -0.15) is 13.2 Å². The lowest BCUT2D eigenvalue weighted by Crippen LogP contribution is -2.34. The van der Waals surface area contributed by atoms with Crippen molar-refractivity contribution in [3.05, 3.63) is 29.8 Å². The molecule has 3 nitrogen and oxygen atoms in total. The highest BCUT2D eigenvalue weighted by atomic mass is 19.4. The minimum Gasteiger partial charge on any atom is -0.374 e. The van der Waals surface area contributed by atoms with Gasteiger partial charge in [0, 0.05) is 11.6 Å². The zero-order valence-electron chi connectivity index (χ0n) is 11.1. The van der Waals surface area contributed by atoms with Crippen LogP contribution in [-0.4, -0.2) is 18.1 Å². The molecule has 4 unspecified atom stereocenters. The number of carbonyl (C=O) groups is 1. The van der Waals surface area contributed by atoms with Crippen LogP contribution in [0.4, 0.5) is 18.9 Å². The SMILES string of the molecule is O=C(Nc1cccc(C(F)(F)F)c1)C12CC1C1CCC2O1. The molecule has 1 saturated carbocycles. The van der Waals surface area contributed by atoms with Crippen molar-refractivity contribution in [1.82, 2.24) is 0 Å². The molecule has 2 aliphatic heterocycles. The minimum absolute atomic E-state index is 0.0571. The van der Waals surface area contributed by atoms with Gasteiger partial charge in [0.2, 0.25) is 5.91 Å². The van der Waals surface area contributed by atoms with Crippen LogP contribution in [0.25, 0.3) is 0 Å². The molecule has 3 fully saturated rings. The van der Waals surface area contributed by atoms with Crippen molar-refractivity contribution in [1.29, 1.82) is 0 Å². The summed E-state index contributed by atoms with van der Waals surface area (Å²) in [5.41, 5.74) is -1.05. The van der Waals surface area contributed by atoms with Crippen LogP contribution in [-0.2, 0) is 15.7 Å². The van der Waals surface area contributed by atoms with Gasteiger partial charge >= 0.3 is 6.18 Å². The standard InChI is InChI=1S/C15H14F3NO2/c16-15(17,18)8-2-1-3-9(6-8)19-13(20)14-7-10(14)11-4-5-12(14)21-11/h1-3,6,10-12H,4-5,7H2,(H,19,20). The van der Waals surface area contributed by atoms with Gasteiger partial charge in [0.05, 0.1) is 23.2 Å². The number of amides is 1. The number of halogens is 3. The molecule has 112 valence electrons. The van der Waals surface area contributed by atoms with Gasteiger partial charge in [-0.05, 0) is 37.5 Å². The third kappa shape index (κ3) is 1.81. The fourth-order valence-corrected chi connectivity index (χ4v) is 3.90. The average molecular weight is 297 g/mol. The predicted octanol–water partition coefficient (Wildman–Crippen LogP) is 3.21. The molecule has 4 atom stereocenters. The number of ether oxygens (including phenoxy) is 1. The van der Waals surface area contributed by atoms with Crippen LogP contribution in [0.5, 0.6) is 0 Å². The monoisotopic (exact) mass is 297 g/mol. The number of anilines is 1. The van der Waals surface area contributed by atoms with Crippen LogP contribution in [0.15, 0.2) is 24.3 Å². The Bertz CT molecular complexity index is 615. The van der Waals surface area contributed by atoms with E-state index >= 15 is 0 Å². The first-order chi connectivity index (χ1) is 9.91. The summed E-state index contributed by atoms with van der Waals surface area (Å²) < 4.78 is 43.8. The Kier molecular flexibility index (Phi) is 2.50. The molecule has 0 spiro atoms. The minimum atomic E-state index is -4.41. The summed E-state index contributed by atoms with van der Waals surface area (Å²) in [5.74, 6) is 0.0565. The zero-order valence-corrected chi connectivity index (χ0v) is 11.1. The molecule has 3 aliphatic rings. The summed E-state index contributed by atoms with van der Waals surface area (Å²) in [4.78, 5) is 12.5. The van der Waals surface area contributed by atoms with Gasteiger partial charge in [-0.15, -0.1) is 0 Å². The Hall–Kier alpha value is -1.56. The lowest BCUT2D eigenvalue weighted by atomic mass is 9.87. The summed E-state index contributed by atoms with van der Waals surface area (Å²) in [7, 11) is 0. The molecule has 6 heteroatoms. The molecular formula is C15H14F3NO2. The van der Waals surface area contributed by atoms with Crippen molar-refractivity contribution in [2.24, 2.45) is 11.3 Å². The molecule has 2 bridgehead atoms. The number of fused-ring (bicyclic) bond motifs is 5. The van der Waals surface area contributed by atoms with E-state index in [4.69, 9.17) is 4.74 Å². The molecule has 0 radical (unpaired) electrons. The average Bonchev–Trinajstić information content (AvgIpc) is 2.93. The largest absolute Gasteiger partial charge is 0.416 e. The topological polar surface area (TPSA) is 38.3 Å². The van der Waals surface area contributed by atoms with Gasteiger partial charge in [0.15, 0.2) is 0 Å². The molecular weight excluding hydrogens is 283 g/mol. The van der Waals surface area contributed by atoms with Crippen LogP contribution in [0.3, 0.4) is 0 Å². The van der Waals surface area contributed by atoms with E-state index < -0.39 is 17.2 Å². The van der Waals surface area contributed by atoms with Gasteiger partial charge in [-0.25, -0.2) is 0 Å². The van der Waals surface area contributed by atoms with Gasteiger partial charge in [0.1, 0.15) is 0 Å². The van der Waals surface area contributed by atoms with E-state index in [1.807, 2.05) is 0 Å². The van der Waals surface area contributed by atoms with Crippen molar-refractivity contribution in [2.45, 2.75) is 37.6 Å².